The Morgan fingerprint density at radius 2 is 2.09 bits per heavy atom. The zero-order valence-electron chi connectivity index (χ0n) is 6.96. The van der Waals surface area contributed by atoms with Crippen molar-refractivity contribution in [2.45, 2.75) is 20.3 Å². The fraction of sp³-hybridized carbons (Fsp3) is 0.625. The summed E-state index contributed by atoms with van der Waals surface area (Å²) in [5.41, 5.74) is 0.583. The van der Waals surface area contributed by atoms with Crippen LogP contribution in [0.5, 0.6) is 0 Å². The highest BCUT2D eigenvalue weighted by Gasteiger charge is 2.34. The van der Waals surface area contributed by atoms with Gasteiger partial charge in [0.15, 0.2) is 0 Å². The Kier molecular flexibility index (Phi) is 2.11. The number of carbonyl (C=O) groups is 1. The monoisotopic (exact) mass is 155 g/mol. The highest BCUT2D eigenvalue weighted by atomic mass is 16.6. The van der Waals surface area contributed by atoms with Crippen molar-refractivity contribution in [3.63, 3.8) is 0 Å². The average molecular weight is 155 g/mol. The van der Waals surface area contributed by atoms with Gasteiger partial charge in [-0.15, -0.1) is 0 Å². The molecule has 0 aliphatic carbocycles. The lowest BCUT2D eigenvalue weighted by Crippen LogP contribution is -2.57. The quantitative estimate of drug-likeness (QED) is 0.324. The van der Waals surface area contributed by atoms with Crippen molar-refractivity contribution in [2.75, 3.05) is 13.1 Å². The number of hydrogen-bond donors (Lipinski definition) is 0. The maximum Gasteiger partial charge on any atom is 0.341 e. The molecule has 0 bridgehead atoms. The van der Waals surface area contributed by atoms with Gasteiger partial charge in [-0.05, 0) is 13.8 Å². The summed E-state index contributed by atoms with van der Waals surface area (Å²) in [5.74, 6) is -0.265. The molecule has 0 atom stereocenters. The van der Waals surface area contributed by atoms with Gasteiger partial charge in [0, 0.05) is 12.0 Å². The van der Waals surface area contributed by atoms with Crippen LogP contribution in [-0.4, -0.2) is 23.6 Å². The van der Waals surface area contributed by atoms with Crippen molar-refractivity contribution in [3.05, 3.63) is 16.9 Å². The van der Waals surface area contributed by atoms with E-state index in [9.17, 15) is 10.0 Å². The lowest BCUT2D eigenvalue weighted by molar-refractivity contribution is -0.843. The second kappa shape index (κ2) is 2.75. The number of allylic oxidation sites excluding steroid dienone is 1. The van der Waals surface area contributed by atoms with Gasteiger partial charge >= 0.3 is 5.91 Å². The molecular formula is C8H13NO2. The van der Waals surface area contributed by atoms with Crippen LogP contribution < -0.4 is 0 Å². The molecule has 0 aromatic carbocycles. The fourth-order valence-electron chi connectivity index (χ4n) is 1.09. The largest absolute Gasteiger partial charge is 0.625 e. The number of quaternary nitrogens is 1. The first-order valence-corrected chi connectivity index (χ1v) is 3.86. The predicted octanol–water partition coefficient (Wildman–Crippen LogP) is 1.20. The molecule has 1 aliphatic heterocycles. The van der Waals surface area contributed by atoms with Gasteiger partial charge in [-0.3, -0.25) is 4.65 Å². The van der Waals surface area contributed by atoms with E-state index in [1.165, 1.54) is 0 Å². The van der Waals surface area contributed by atoms with Crippen molar-refractivity contribution in [3.8, 4) is 0 Å². The number of hydroxylamine groups is 3. The van der Waals surface area contributed by atoms with Crippen LogP contribution in [0.25, 0.3) is 0 Å². The highest BCUT2D eigenvalue weighted by Crippen LogP contribution is 2.21. The first-order valence-electron chi connectivity index (χ1n) is 3.86. The SMILES string of the molecule is C/C=C(\C)C(=O)[N+]1([O-])CCC1. The summed E-state index contributed by atoms with van der Waals surface area (Å²) in [6, 6.07) is 0. The molecule has 11 heavy (non-hydrogen) atoms. The van der Waals surface area contributed by atoms with Gasteiger partial charge in [-0.1, -0.05) is 6.08 Å². The number of amides is 1. The molecule has 0 spiro atoms. The highest BCUT2D eigenvalue weighted by molar-refractivity contribution is 5.87. The molecule has 1 heterocycles. The van der Waals surface area contributed by atoms with Crippen LogP contribution in [0.15, 0.2) is 11.6 Å². The molecule has 0 aromatic rings. The van der Waals surface area contributed by atoms with Crippen molar-refractivity contribution in [1.29, 1.82) is 0 Å². The van der Waals surface area contributed by atoms with E-state index in [-0.39, 0.29) is 5.91 Å². The summed E-state index contributed by atoms with van der Waals surface area (Å²) in [7, 11) is 0. The van der Waals surface area contributed by atoms with Crippen LogP contribution in [0.2, 0.25) is 0 Å². The van der Waals surface area contributed by atoms with E-state index in [1.807, 2.05) is 0 Å². The Morgan fingerprint density at radius 1 is 1.55 bits per heavy atom. The molecule has 0 radical (unpaired) electrons. The van der Waals surface area contributed by atoms with Gasteiger partial charge in [0.1, 0.15) is 0 Å². The van der Waals surface area contributed by atoms with Crippen LogP contribution in [0.4, 0.5) is 0 Å². The van der Waals surface area contributed by atoms with E-state index in [2.05, 4.69) is 0 Å². The molecule has 62 valence electrons. The van der Waals surface area contributed by atoms with E-state index in [1.54, 1.807) is 19.9 Å². The Labute approximate surface area is 66.5 Å². The minimum absolute atomic E-state index is 0.265. The van der Waals surface area contributed by atoms with Crippen molar-refractivity contribution in [2.24, 2.45) is 0 Å². The molecule has 1 rings (SSSR count). The molecule has 0 saturated carbocycles. The third kappa shape index (κ3) is 1.34. The van der Waals surface area contributed by atoms with Gasteiger partial charge < -0.3 is 5.21 Å². The van der Waals surface area contributed by atoms with Gasteiger partial charge in [0.2, 0.25) is 0 Å². The smallest absolute Gasteiger partial charge is 0.341 e. The van der Waals surface area contributed by atoms with Crippen LogP contribution >= 0.6 is 0 Å². The Hall–Kier alpha value is -0.670. The summed E-state index contributed by atoms with van der Waals surface area (Å²) >= 11 is 0. The third-order valence-electron chi connectivity index (χ3n) is 2.18. The molecule has 1 saturated heterocycles. The minimum Gasteiger partial charge on any atom is -0.625 e. The number of carbonyl (C=O) groups excluding carboxylic acids is 1. The topological polar surface area (TPSA) is 40.1 Å². The number of likely N-dealkylation sites (tertiary alicyclic amines) is 1. The molecule has 0 N–H and O–H groups in total. The Morgan fingerprint density at radius 3 is 2.36 bits per heavy atom. The zero-order chi connectivity index (χ0) is 8.48. The van der Waals surface area contributed by atoms with Gasteiger partial charge in [0.05, 0.1) is 13.1 Å². The van der Waals surface area contributed by atoms with Crippen LogP contribution in [0.1, 0.15) is 20.3 Å². The van der Waals surface area contributed by atoms with E-state index >= 15 is 0 Å². The van der Waals surface area contributed by atoms with E-state index < -0.39 is 4.65 Å². The first kappa shape index (κ1) is 8.43. The van der Waals surface area contributed by atoms with Gasteiger partial charge in [-0.2, -0.15) is 0 Å². The molecular weight excluding hydrogens is 142 g/mol. The van der Waals surface area contributed by atoms with E-state index in [4.69, 9.17) is 0 Å². The fourth-order valence-corrected chi connectivity index (χ4v) is 1.09. The Bertz CT molecular complexity index is 204. The first-order chi connectivity index (χ1) is 5.10. The van der Waals surface area contributed by atoms with Crippen molar-refractivity contribution >= 4 is 5.91 Å². The van der Waals surface area contributed by atoms with Crippen LogP contribution in [0.3, 0.4) is 0 Å². The zero-order valence-corrected chi connectivity index (χ0v) is 6.96. The lowest BCUT2D eigenvalue weighted by atomic mass is 10.1. The normalized spacial score (nSPS) is 22.6. The summed E-state index contributed by atoms with van der Waals surface area (Å²) in [5, 5.41) is 11.4. The van der Waals surface area contributed by atoms with E-state index in [0.717, 1.165) is 6.42 Å². The predicted molar refractivity (Wildman–Crippen MR) is 42.4 cm³/mol. The summed E-state index contributed by atoms with van der Waals surface area (Å²) < 4.78 is -0.629. The van der Waals surface area contributed by atoms with Gasteiger partial charge in [0.25, 0.3) is 0 Å². The molecule has 0 aromatic heterocycles. The molecule has 1 amide bonds. The second-order valence-electron chi connectivity index (χ2n) is 2.97. The number of hydrogen-bond acceptors (Lipinski definition) is 2. The van der Waals surface area contributed by atoms with E-state index in [0.29, 0.717) is 18.7 Å². The second-order valence-corrected chi connectivity index (χ2v) is 2.97. The van der Waals surface area contributed by atoms with Crippen molar-refractivity contribution in [1.82, 2.24) is 0 Å². The van der Waals surface area contributed by atoms with Gasteiger partial charge in [-0.25, -0.2) is 4.79 Å². The van der Waals surface area contributed by atoms with Crippen LogP contribution in [-0.2, 0) is 4.79 Å². The maximum atomic E-state index is 11.4. The Balaban J connectivity index is 2.68. The summed E-state index contributed by atoms with van der Waals surface area (Å²) in [6.07, 6.45) is 2.57. The summed E-state index contributed by atoms with van der Waals surface area (Å²) in [4.78, 5) is 11.3. The minimum atomic E-state index is -0.629. The standard InChI is InChI=1S/C8H13NO2/c1-3-7(2)8(10)9(11)5-4-6-9/h3H,4-6H2,1-2H3/b7-3+. The molecule has 0 unspecified atom stereocenters. The number of rotatable bonds is 1. The maximum absolute atomic E-state index is 11.4. The lowest BCUT2D eigenvalue weighted by Gasteiger charge is -2.46. The molecule has 3 nitrogen and oxygen atoms in total. The third-order valence-corrected chi connectivity index (χ3v) is 2.18. The van der Waals surface area contributed by atoms with Crippen LogP contribution in [0, 0.1) is 5.21 Å². The molecule has 1 fully saturated rings. The molecule has 3 heteroatoms. The molecule has 1 aliphatic rings. The summed E-state index contributed by atoms with van der Waals surface area (Å²) in [6.45, 7) is 4.39. The number of nitrogens with zero attached hydrogens (tertiary/aromatic N) is 1. The van der Waals surface area contributed by atoms with Crippen molar-refractivity contribution < 1.29 is 9.44 Å². The average Bonchev–Trinajstić information content (AvgIpc) is 1.97.